The number of nitrogens with one attached hydrogen (secondary N) is 1. The number of hydrogen-bond donors (Lipinski definition) is 1. The number of aromatic nitrogens is 2. The Morgan fingerprint density at radius 1 is 0.889 bits per heavy atom. The Bertz CT molecular complexity index is 824. The lowest BCUT2D eigenvalue weighted by Gasteiger charge is -2.23. The molecule has 2 aromatic carbocycles. The number of rotatable bonds is 8. The van der Waals surface area contributed by atoms with Crippen LogP contribution in [-0.2, 0) is 6.54 Å². The van der Waals surface area contributed by atoms with Gasteiger partial charge in [-0.15, -0.1) is 10.2 Å². The second-order valence-electron chi connectivity index (χ2n) is 7.45. The number of benzene rings is 2. The Hall–Kier alpha value is -2.46. The van der Waals surface area contributed by atoms with Crippen LogP contribution in [0.2, 0.25) is 0 Å². The Kier molecular flexibility index (Phi) is 6.40. The zero-order valence-corrected chi connectivity index (χ0v) is 16.6. The largest absolute Gasteiger partial charge is 0.419 e. The molecular formula is C23H29N3O. The summed E-state index contributed by atoms with van der Waals surface area (Å²) in [4.78, 5) is 0. The highest BCUT2D eigenvalue weighted by Gasteiger charge is 2.17. The lowest BCUT2D eigenvalue weighted by molar-refractivity contribution is 0.380. The lowest BCUT2D eigenvalue weighted by Crippen LogP contribution is -2.25. The summed E-state index contributed by atoms with van der Waals surface area (Å²) < 4.78 is 5.82. The highest BCUT2D eigenvalue weighted by Crippen LogP contribution is 2.26. The van der Waals surface area contributed by atoms with Gasteiger partial charge in [-0.1, -0.05) is 70.2 Å². The second-order valence-corrected chi connectivity index (χ2v) is 7.45. The summed E-state index contributed by atoms with van der Waals surface area (Å²) >= 11 is 0. The van der Waals surface area contributed by atoms with Gasteiger partial charge < -0.3 is 9.73 Å². The molecule has 0 aliphatic rings. The van der Waals surface area contributed by atoms with Crippen LogP contribution >= 0.6 is 0 Å². The molecule has 0 saturated heterocycles. The summed E-state index contributed by atoms with van der Waals surface area (Å²) in [7, 11) is 0. The van der Waals surface area contributed by atoms with Crippen LogP contribution in [0, 0.1) is 5.92 Å². The minimum Gasteiger partial charge on any atom is -0.419 e. The van der Waals surface area contributed by atoms with Gasteiger partial charge in [-0.3, -0.25) is 0 Å². The van der Waals surface area contributed by atoms with Crippen molar-refractivity contribution < 1.29 is 4.42 Å². The first kappa shape index (κ1) is 19.3. The standard InChI is InChI=1S/C23H29N3O/c1-5-17(4)18-11-13-19(14-12-18)22(16(2)3)24-15-21-25-26-23(27-21)20-9-7-6-8-10-20/h6-14,16-17,22,24H,5,15H2,1-4H3. The maximum absolute atomic E-state index is 5.82. The van der Waals surface area contributed by atoms with Crippen LogP contribution in [-0.4, -0.2) is 10.2 Å². The molecule has 0 spiro atoms. The molecule has 3 rings (SSSR count). The zero-order valence-electron chi connectivity index (χ0n) is 16.6. The molecule has 2 unspecified atom stereocenters. The maximum Gasteiger partial charge on any atom is 0.247 e. The van der Waals surface area contributed by atoms with Crippen molar-refractivity contribution in [3.63, 3.8) is 0 Å². The molecule has 0 saturated carbocycles. The quantitative estimate of drug-likeness (QED) is 0.555. The van der Waals surface area contributed by atoms with E-state index in [-0.39, 0.29) is 6.04 Å². The van der Waals surface area contributed by atoms with E-state index >= 15 is 0 Å². The predicted molar refractivity (Wildman–Crippen MR) is 109 cm³/mol. The minimum atomic E-state index is 0.239. The SMILES string of the molecule is CCC(C)c1ccc(C(NCc2nnc(-c3ccccc3)o2)C(C)C)cc1. The van der Waals surface area contributed by atoms with Crippen molar-refractivity contribution in [2.45, 2.75) is 52.6 Å². The van der Waals surface area contributed by atoms with Crippen LogP contribution in [0.25, 0.3) is 11.5 Å². The van der Waals surface area contributed by atoms with Crippen LogP contribution in [0.3, 0.4) is 0 Å². The Morgan fingerprint density at radius 3 is 2.19 bits per heavy atom. The molecule has 0 fully saturated rings. The number of nitrogens with zero attached hydrogens (tertiary/aromatic N) is 2. The highest BCUT2D eigenvalue weighted by atomic mass is 16.4. The fourth-order valence-corrected chi connectivity index (χ4v) is 3.23. The van der Waals surface area contributed by atoms with Gasteiger partial charge in [0.2, 0.25) is 11.8 Å². The monoisotopic (exact) mass is 363 g/mol. The third kappa shape index (κ3) is 4.83. The third-order valence-corrected chi connectivity index (χ3v) is 5.10. The zero-order chi connectivity index (χ0) is 19.2. The van der Waals surface area contributed by atoms with Crippen LogP contribution < -0.4 is 5.32 Å². The molecule has 0 bridgehead atoms. The molecule has 0 aliphatic heterocycles. The topological polar surface area (TPSA) is 51.0 Å². The van der Waals surface area contributed by atoms with E-state index in [1.807, 2.05) is 30.3 Å². The van der Waals surface area contributed by atoms with Gasteiger partial charge in [-0.25, -0.2) is 0 Å². The van der Waals surface area contributed by atoms with E-state index in [9.17, 15) is 0 Å². The molecule has 3 aromatic rings. The van der Waals surface area contributed by atoms with E-state index in [0.29, 0.717) is 30.2 Å². The van der Waals surface area contributed by atoms with Crippen molar-refractivity contribution in [1.29, 1.82) is 0 Å². The average Bonchev–Trinajstić information content (AvgIpc) is 3.17. The first-order valence-corrected chi connectivity index (χ1v) is 9.79. The van der Waals surface area contributed by atoms with Gasteiger partial charge in [0.25, 0.3) is 0 Å². The Labute approximate surface area is 162 Å². The van der Waals surface area contributed by atoms with Crippen LogP contribution in [0.15, 0.2) is 59.0 Å². The van der Waals surface area contributed by atoms with E-state index < -0.39 is 0 Å². The summed E-state index contributed by atoms with van der Waals surface area (Å²) in [6, 6.07) is 19.1. The highest BCUT2D eigenvalue weighted by molar-refractivity contribution is 5.51. The van der Waals surface area contributed by atoms with Gasteiger partial charge in [0.1, 0.15) is 0 Å². The molecule has 1 aromatic heterocycles. The van der Waals surface area contributed by atoms with E-state index in [2.05, 4.69) is 67.5 Å². The molecule has 4 nitrogen and oxygen atoms in total. The summed E-state index contributed by atoms with van der Waals surface area (Å²) in [6.45, 7) is 9.50. The van der Waals surface area contributed by atoms with Crippen molar-refractivity contribution >= 4 is 0 Å². The fourth-order valence-electron chi connectivity index (χ4n) is 3.23. The summed E-state index contributed by atoms with van der Waals surface area (Å²) in [5.41, 5.74) is 3.63. The van der Waals surface area contributed by atoms with E-state index in [1.54, 1.807) is 0 Å². The average molecular weight is 364 g/mol. The Morgan fingerprint density at radius 2 is 1.56 bits per heavy atom. The van der Waals surface area contributed by atoms with Gasteiger partial charge in [0, 0.05) is 11.6 Å². The minimum absolute atomic E-state index is 0.239. The first-order valence-electron chi connectivity index (χ1n) is 9.79. The molecule has 2 atom stereocenters. The normalized spacial score (nSPS) is 13.7. The van der Waals surface area contributed by atoms with Crippen molar-refractivity contribution in [3.8, 4) is 11.5 Å². The van der Waals surface area contributed by atoms with Gasteiger partial charge in [-0.05, 0) is 41.5 Å². The molecule has 142 valence electrons. The summed E-state index contributed by atoms with van der Waals surface area (Å²) in [5.74, 6) is 2.22. The van der Waals surface area contributed by atoms with Gasteiger partial charge in [0.15, 0.2) is 0 Å². The van der Waals surface area contributed by atoms with E-state index in [1.165, 1.54) is 11.1 Å². The Balaban J connectivity index is 1.68. The van der Waals surface area contributed by atoms with Crippen molar-refractivity contribution in [2.75, 3.05) is 0 Å². The summed E-state index contributed by atoms with van der Waals surface area (Å²) in [5, 5.41) is 11.9. The molecule has 1 heterocycles. The number of hydrogen-bond acceptors (Lipinski definition) is 4. The van der Waals surface area contributed by atoms with Crippen molar-refractivity contribution in [2.24, 2.45) is 5.92 Å². The smallest absolute Gasteiger partial charge is 0.247 e. The second kappa shape index (κ2) is 8.96. The van der Waals surface area contributed by atoms with Gasteiger partial charge in [-0.2, -0.15) is 0 Å². The van der Waals surface area contributed by atoms with Gasteiger partial charge in [0.05, 0.1) is 6.54 Å². The lowest BCUT2D eigenvalue weighted by atomic mass is 9.92. The van der Waals surface area contributed by atoms with E-state index in [4.69, 9.17) is 4.42 Å². The maximum atomic E-state index is 5.82. The first-order chi connectivity index (χ1) is 13.1. The van der Waals surface area contributed by atoms with Crippen molar-refractivity contribution in [3.05, 3.63) is 71.6 Å². The van der Waals surface area contributed by atoms with Gasteiger partial charge >= 0.3 is 0 Å². The molecule has 0 radical (unpaired) electrons. The summed E-state index contributed by atoms with van der Waals surface area (Å²) in [6.07, 6.45) is 1.16. The van der Waals surface area contributed by atoms with Crippen LogP contribution in [0.4, 0.5) is 0 Å². The fraction of sp³-hybridized carbons (Fsp3) is 0.391. The van der Waals surface area contributed by atoms with Crippen LogP contribution in [0.5, 0.6) is 0 Å². The third-order valence-electron chi connectivity index (χ3n) is 5.10. The predicted octanol–water partition coefficient (Wildman–Crippen LogP) is 5.74. The molecule has 4 heteroatoms. The molecule has 0 aliphatic carbocycles. The van der Waals surface area contributed by atoms with E-state index in [0.717, 1.165) is 12.0 Å². The van der Waals surface area contributed by atoms with Crippen LogP contribution in [0.1, 0.15) is 63.1 Å². The van der Waals surface area contributed by atoms with Crippen molar-refractivity contribution in [1.82, 2.24) is 15.5 Å². The molecular weight excluding hydrogens is 334 g/mol. The molecule has 1 N–H and O–H groups in total. The molecule has 27 heavy (non-hydrogen) atoms. The molecule has 0 amide bonds.